The summed E-state index contributed by atoms with van der Waals surface area (Å²) in [6, 6.07) is 10.4. The average molecular weight is 285 g/mol. The van der Waals surface area contributed by atoms with E-state index in [2.05, 4.69) is 50.0 Å². The van der Waals surface area contributed by atoms with Crippen LogP contribution in [0.2, 0.25) is 0 Å². The smallest absolute Gasteiger partial charge is 0.251 e. The highest BCUT2D eigenvalue weighted by atomic mass is 16.1. The molecule has 0 radical (unpaired) electrons. The second kappa shape index (κ2) is 7.82. The fourth-order valence-corrected chi connectivity index (χ4v) is 2.72. The molecular weight excluding hydrogens is 258 g/mol. The molecule has 2 nitrogen and oxygen atoms in total. The first-order valence-corrected chi connectivity index (χ1v) is 7.66. The van der Waals surface area contributed by atoms with E-state index in [9.17, 15) is 4.79 Å². The number of carbonyl (C=O) groups is 1. The van der Waals surface area contributed by atoms with Gasteiger partial charge in [0, 0.05) is 17.5 Å². The first-order chi connectivity index (χ1) is 10.0. The van der Waals surface area contributed by atoms with Crippen molar-refractivity contribution in [2.45, 2.75) is 46.0 Å². The van der Waals surface area contributed by atoms with Crippen LogP contribution in [0.1, 0.15) is 46.1 Å². The molecule has 1 N–H and O–H groups in total. The molecule has 1 aromatic carbocycles. The van der Waals surface area contributed by atoms with Crippen LogP contribution in [0, 0.1) is 0 Å². The molecule has 0 heterocycles. The average Bonchev–Trinajstić information content (AvgIpc) is 2.50. The van der Waals surface area contributed by atoms with Crippen molar-refractivity contribution in [3.8, 4) is 0 Å². The lowest BCUT2D eigenvalue weighted by atomic mass is 9.75. The van der Waals surface area contributed by atoms with Crippen molar-refractivity contribution in [2.75, 3.05) is 6.54 Å². The van der Waals surface area contributed by atoms with Gasteiger partial charge in [0.2, 0.25) is 0 Å². The molecule has 2 heteroatoms. The molecule has 0 atom stereocenters. The number of allylic oxidation sites excluding steroid dienone is 1. The second-order valence-corrected chi connectivity index (χ2v) is 5.52. The van der Waals surface area contributed by atoms with Crippen molar-refractivity contribution < 1.29 is 4.79 Å². The summed E-state index contributed by atoms with van der Waals surface area (Å²) in [5.74, 6) is -0.0350. The highest BCUT2D eigenvalue weighted by Gasteiger charge is 2.29. The van der Waals surface area contributed by atoms with Gasteiger partial charge >= 0.3 is 0 Å². The number of amides is 1. The summed E-state index contributed by atoms with van der Waals surface area (Å²) in [5.41, 5.74) is 2.75. The van der Waals surface area contributed by atoms with Crippen LogP contribution in [0.4, 0.5) is 0 Å². The van der Waals surface area contributed by atoms with E-state index in [0.717, 1.165) is 18.4 Å². The van der Waals surface area contributed by atoms with E-state index in [0.29, 0.717) is 12.1 Å². The lowest BCUT2D eigenvalue weighted by Gasteiger charge is -2.33. The van der Waals surface area contributed by atoms with E-state index >= 15 is 0 Å². The predicted octanol–water partition coefficient (Wildman–Crippen LogP) is 4.38. The van der Waals surface area contributed by atoms with Gasteiger partial charge in [-0.25, -0.2) is 0 Å². The first kappa shape index (κ1) is 17.2. The van der Waals surface area contributed by atoms with Crippen molar-refractivity contribution in [3.63, 3.8) is 0 Å². The van der Waals surface area contributed by atoms with Crippen molar-refractivity contribution in [1.29, 1.82) is 0 Å². The topological polar surface area (TPSA) is 29.1 Å². The maximum absolute atomic E-state index is 12.3. The molecule has 1 amide bonds. The molecule has 0 fully saturated rings. The summed E-state index contributed by atoms with van der Waals surface area (Å²) in [6.07, 6.45) is 3.80. The van der Waals surface area contributed by atoms with Gasteiger partial charge in [-0.15, -0.1) is 0 Å². The fourth-order valence-electron chi connectivity index (χ4n) is 2.72. The molecule has 0 saturated heterocycles. The molecule has 0 aromatic heterocycles. The van der Waals surface area contributed by atoms with E-state index in [4.69, 9.17) is 0 Å². The van der Waals surface area contributed by atoms with Crippen LogP contribution in [-0.4, -0.2) is 12.5 Å². The maximum Gasteiger partial charge on any atom is 0.251 e. The molecule has 0 spiro atoms. The molecule has 0 aliphatic carbocycles. The van der Waals surface area contributed by atoms with Crippen LogP contribution in [-0.2, 0) is 10.2 Å². The van der Waals surface area contributed by atoms with Gasteiger partial charge in [0.15, 0.2) is 0 Å². The minimum atomic E-state index is -0.0350. The van der Waals surface area contributed by atoms with Gasteiger partial charge in [0.25, 0.3) is 5.91 Å². The van der Waals surface area contributed by atoms with E-state index in [1.54, 1.807) is 0 Å². The minimum Gasteiger partial charge on any atom is -0.351 e. The summed E-state index contributed by atoms with van der Waals surface area (Å²) >= 11 is 0. The third-order valence-electron chi connectivity index (χ3n) is 4.32. The van der Waals surface area contributed by atoms with Gasteiger partial charge in [0.1, 0.15) is 0 Å². The standard InChI is InChI=1S/C19H27NO/c1-6-17(15(4)5)18(21)20-14-19(7-2,8-3)16-12-10-9-11-13-16/h6,9-13H,4,7-8,14H2,1-3,5H3,(H,20,21)/b17-6+. The van der Waals surface area contributed by atoms with Crippen LogP contribution in [0.5, 0.6) is 0 Å². The van der Waals surface area contributed by atoms with Gasteiger partial charge in [-0.05, 0) is 37.8 Å². The minimum absolute atomic E-state index is 0.00908. The number of benzene rings is 1. The van der Waals surface area contributed by atoms with E-state index < -0.39 is 0 Å². The number of nitrogens with one attached hydrogen (secondary N) is 1. The van der Waals surface area contributed by atoms with Gasteiger partial charge in [0.05, 0.1) is 0 Å². The number of hydrogen-bond donors (Lipinski definition) is 1. The molecule has 1 rings (SSSR count). The number of carbonyl (C=O) groups excluding carboxylic acids is 1. The van der Waals surface area contributed by atoms with Gasteiger partial charge in [-0.3, -0.25) is 4.79 Å². The summed E-state index contributed by atoms with van der Waals surface area (Å²) in [6.45, 7) is 12.6. The summed E-state index contributed by atoms with van der Waals surface area (Å²) < 4.78 is 0. The van der Waals surface area contributed by atoms with E-state index in [1.165, 1.54) is 5.56 Å². The molecule has 0 saturated carbocycles. The molecule has 0 aliphatic heterocycles. The number of rotatable bonds is 7. The van der Waals surface area contributed by atoms with E-state index in [1.807, 2.05) is 26.0 Å². The third-order valence-corrected chi connectivity index (χ3v) is 4.32. The van der Waals surface area contributed by atoms with Crippen molar-refractivity contribution in [1.82, 2.24) is 5.32 Å². The van der Waals surface area contributed by atoms with Crippen molar-refractivity contribution in [3.05, 3.63) is 59.7 Å². The quantitative estimate of drug-likeness (QED) is 0.584. The molecule has 0 unspecified atom stereocenters. The van der Waals surface area contributed by atoms with Crippen LogP contribution in [0.3, 0.4) is 0 Å². The normalized spacial score (nSPS) is 12.1. The zero-order chi connectivity index (χ0) is 15.9. The van der Waals surface area contributed by atoms with Gasteiger partial charge in [-0.1, -0.05) is 56.8 Å². The summed E-state index contributed by atoms with van der Waals surface area (Å²) in [4.78, 5) is 12.3. The number of hydrogen-bond acceptors (Lipinski definition) is 1. The third kappa shape index (κ3) is 4.07. The van der Waals surface area contributed by atoms with Crippen molar-refractivity contribution >= 4 is 5.91 Å². The van der Waals surface area contributed by atoms with Crippen LogP contribution in [0.15, 0.2) is 54.1 Å². The largest absolute Gasteiger partial charge is 0.351 e. The molecular formula is C19H27NO. The highest BCUT2D eigenvalue weighted by Crippen LogP contribution is 2.31. The predicted molar refractivity (Wildman–Crippen MR) is 90.3 cm³/mol. The SMILES string of the molecule is C=C(C)/C(=C\C)C(=O)NCC(CC)(CC)c1ccccc1. The summed E-state index contributed by atoms with van der Waals surface area (Å²) in [7, 11) is 0. The Balaban J connectivity index is 2.91. The molecule has 1 aromatic rings. The first-order valence-electron chi connectivity index (χ1n) is 7.66. The van der Waals surface area contributed by atoms with Gasteiger partial charge in [-0.2, -0.15) is 0 Å². The molecule has 0 bridgehead atoms. The summed E-state index contributed by atoms with van der Waals surface area (Å²) in [5, 5.41) is 3.09. The van der Waals surface area contributed by atoms with Crippen LogP contribution >= 0.6 is 0 Å². The Hall–Kier alpha value is -1.83. The molecule has 21 heavy (non-hydrogen) atoms. The molecule has 114 valence electrons. The Bertz CT molecular complexity index is 510. The van der Waals surface area contributed by atoms with Crippen LogP contribution in [0.25, 0.3) is 0 Å². The Labute approximate surface area is 129 Å². The van der Waals surface area contributed by atoms with Crippen molar-refractivity contribution in [2.24, 2.45) is 0 Å². The Morgan fingerprint density at radius 1 is 1.24 bits per heavy atom. The van der Waals surface area contributed by atoms with Crippen LogP contribution < -0.4 is 5.32 Å². The van der Waals surface area contributed by atoms with E-state index in [-0.39, 0.29) is 11.3 Å². The molecule has 0 aliphatic rings. The monoisotopic (exact) mass is 285 g/mol. The zero-order valence-corrected chi connectivity index (χ0v) is 13.7. The Morgan fingerprint density at radius 3 is 2.24 bits per heavy atom. The maximum atomic E-state index is 12.3. The lowest BCUT2D eigenvalue weighted by Crippen LogP contribution is -2.40. The Kier molecular flexibility index (Phi) is 6.41. The fraction of sp³-hybridized carbons (Fsp3) is 0.421. The van der Waals surface area contributed by atoms with Gasteiger partial charge < -0.3 is 5.32 Å². The zero-order valence-electron chi connectivity index (χ0n) is 13.7. The Morgan fingerprint density at radius 2 is 1.81 bits per heavy atom. The lowest BCUT2D eigenvalue weighted by molar-refractivity contribution is -0.117. The highest BCUT2D eigenvalue weighted by molar-refractivity contribution is 5.97. The second-order valence-electron chi connectivity index (χ2n) is 5.52.